The van der Waals surface area contributed by atoms with Gasteiger partial charge in [-0.2, -0.15) is 0 Å². The van der Waals surface area contributed by atoms with Gasteiger partial charge in [-0.05, 0) is 40.0 Å². The summed E-state index contributed by atoms with van der Waals surface area (Å²) >= 11 is 3.26. The first-order valence-electron chi connectivity index (χ1n) is 5.99. The molecular formula is C13H17BrN2O3. The SMILES string of the molecule is CCC(CNC(=O)c1ccc(N)c(Br)c1)CC(=O)O. The summed E-state index contributed by atoms with van der Waals surface area (Å²) in [7, 11) is 0. The van der Waals surface area contributed by atoms with Crippen LogP contribution in [-0.4, -0.2) is 23.5 Å². The number of halogens is 1. The second-order valence-corrected chi connectivity index (χ2v) is 5.17. The second-order valence-electron chi connectivity index (χ2n) is 4.32. The van der Waals surface area contributed by atoms with E-state index >= 15 is 0 Å². The van der Waals surface area contributed by atoms with Gasteiger partial charge in [-0.15, -0.1) is 0 Å². The van der Waals surface area contributed by atoms with E-state index in [1.165, 1.54) is 0 Å². The van der Waals surface area contributed by atoms with Crippen molar-refractivity contribution in [3.8, 4) is 0 Å². The molecule has 0 saturated heterocycles. The number of nitrogen functional groups attached to an aromatic ring is 1. The Labute approximate surface area is 120 Å². The van der Waals surface area contributed by atoms with Crippen LogP contribution in [0.15, 0.2) is 22.7 Å². The van der Waals surface area contributed by atoms with Crippen molar-refractivity contribution in [3.63, 3.8) is 0 Å². The molecule has 0 saturated carbocycles. The van der Waals surface area contributed by atoms with Crippen molar-refractivity contribution in [1.29, 1.82) is 0 Å². The Morgan fingerprint density at radius 2 is 2.16 bits per heavy atom. The van der Waals surface area contributed by atoms with E-state index < -0.39 is 5.97 Å². The average molecular weight is 329 g/mol. The van der Waals surface area contributed by atoms with E-state index in [0.29, 0.717) is 28.7 Å². The molecule has 1 atom stereocenters. The van der Waals surface area contributed by atoms with Crippen LogP contribution >= 0.6 is 15.9 Å². The van der Waals surface area contributed by atoms with Gasteiger partial charge in [-0.25, -0.2) is 0 Å². The van der Waals surface area contributed by atoms with Gasteiger partial charge >= 0.3 is 5.97 Å². The molecule has 0 aliphatic rings. The summed E-state index contributed by atoms with van der Waals surface area (Å²) in [5.74, 6) is -1.14. The molecule has 4 N–H and O–H groups in total. The Bertz CT molecular complexity index is 477. The molecule has 1 rings (SSSR count). The van der Waals surface area contributed by atoms with Crippen molar-refractivity contribution in [2.24, 2.45) is 5.92 Å². The summed E-state index contributed by atoms with van der Waals surface area (Å²) in [6.07, 6.45) is 0.764. The largest absolute Gasteiger partial charge is 0.481 e. The van der Waals surface area contributed by atoms with E-state index in [1.54, 1.807) is 18.2 Å². The smallest absolute Gasteiger partial charge is 0.303 e. The lowest BCUT2D eigenvalue weighted by atomic mass is 10.0. The van der Waals surface area contributed by atoms with E-state index in [9.17, 15) is 9.59 Å². The molecule has 104 valence electrons. The Kier molecular flexibility index (Phi) is 5.82. The Balaban J connectivity index is 2.59. The molecule has 0 bridgehead atoms. The van der Waals surface area contributed by atoms with E-state index in [-0.39, 0.29) is 18.2 Å². The number of rotatable bonds is 6. The van der Waals surface area contributed by atoms with Gasteiger partial charge in [0.15, 0.2) is 0 Å². The topological polar surface area (TPSA) is 92.4 Å². The van der Waals surface area contributed by atoms with Crippen molar-refractivity contribution >= 4 is 33.5 Å². The van der Waals surface area contributed by atoms with E-state index in [0.717, 1.165) is 0 Å². The third-order valence-electron chi connectivity index (χ3n) is 2.85. The highest BCUT2D eigenvalue weighted by Crippen LogP contribution is 2.20. The number of carboxylic acids is 1. The fourth-order valence-electron chi connectivity index (χ4n) is 1.62. The minimum Gasteiger partial charge on any atom is -0.481 e. The standard InChI is InChI=1S/C13H17BrN2O3/c1-2-8(5-12(17)18)7-16-13(19)9-3-4-11(15)10(14)6-9/h3-4,6,8H,2,5,7,15H2,1H3,(H,16,19)(H,17,18). The summed E-state index contributed by atoms with van der Waals surface area (Å²) < 4.78 is 0.665. The molecule has 1 unspecified atom stereocenters. The number of hydrogen-bond acceptors (Lipinski definition) is 3. The molecule has 0 aliphatic heterocycles. The van der Waals surface area contributed by atoms with Crippen LogP contribution in [0.5, 0.6) is 0 Å². The summed E-state index contributed by atoms with van der Waals surface area (Å²) in [5.41, 5.74) is 6.70. The highest BCUT2D eigenvalue weighted by Gasteiger charge is 2.13. The maximum Gasteiger partial charge on any atom is 0.303 e. The second kappa shape index (κ2) is 7.13. The summed E-state index contributed by atoms with van der Waals surface area (Å²) in [5, 5.41) is 11.5. The van der Waals surface area contributed by atoms with E-state index in [2.05, 4.69) is 21.2 Å². The van der Waals surface area contributed by atoms with Gasteiger partial charge in [0.2, 0.25) is 0 Å². The highest BCUT2D eigenvalue weighted by molar-refractivity contribution is 9.10. The third-order valence-corrected chi connectivity index (χ3v) is 3.54. The van der Waals surface area contributed by atoms with Crippen LogP contribution < -0.4 is 11.1 Å². The normalized spacial score (nSPS) is 11.9. The lowest BCUT2D eigenvalue weighted by Gasteiger charge is -2.13. The van der Waals surface area contributed by atoms with E-state index in [4.69, 9.17) is 10.8 Å². The van der Waals surface area contributed by atoms with Crippen molar-refractivity contribution in [2.75, 3.05) is 12.3 Å². The van der Waals surface area contributed by atoms with Crippen LogP contribution in [0, 0.1) is 5.92 Å². The molecule has 1 amide bonds. The predicted molar refractivity (Wildman–Crippen MR) is 76.9 cm³/mol. The van der Waals surface area contributed by atoms with Crippen molar-refractivity contribution < 1.29 is 14.7 Å². The number of carbonyl (C=O) groups excluding carboxylic acids is 1. The zero-order chi connectivity index (χ0) is 14.4. The fourth-order valence-corrected chi connectivity index (χ4v) is 1.99. The van der Waals surface area contributed by atoms with Gasteiger partial charge in [0, 0.05) is 28.7 Å². The lowest BCUT2D eigenvalue weighted by Crippen LogP contribution is -2.30. The number of benzene rings is 1. The summed E-state index contributed by atoms with van der Waals surface area (Å²) in [6.45, 7) is 2.25. The van der Waals surface area contributed by atoms with Gasteiger partial charge in [0.05, 0.1) is 0 Å². The van der Waals surface area contributed by atoms with Crippen LogP contribution in [-0.2, 0) is 4.79 Å². The van der Waals surface area contributed by atoms with Gasteiger partial charge < -0.3 is 16.2 Å². The van der Waals surface area contributed by atoms with Crippen molar-refractivity contribution in [2.45, 2.75) is 19.8 Å². The predicted octanol–water partition coefficient (Wildman–Crippen LogP) is 2.26. The minimum atomic E-state index is -0.851. The molecule has 0 fully saturated rings. The monoisotopic (exact) mass is 328 g/mol. The number of aliphatic carboxylic acids is 1. The van der Waals surface area contributed by atoms with Gasteiger partial charge in [-0.1, -0.05) is 13.3 Å². The maximum absolute atomic E-state index is 11.9. The van der Waals surface area contributed by atoms with Crippen molar-refractivity contribution in [1.82, 2.24) is 5.32 Å². The van der Waals surface area contributed by atoms with Crippen LogP contribution in [0.4, 0.5) is 5.69 Å². The number of hydrogen-bond donors (Lipinski definition) is 3. The Morgan fingerprint density at radius 1 is 1.47 bits per heavy atom. The van der Waals surface area contributed by atoms with Crippen LogP contribution in [0.25, 0.3) is 0 Å². The molecule has 0 heterocycles. The molecule has 1 aromatic carbocycles. The van der Waals surface area contributed by atoms with Crippen LogP contribution in [0.2, 0.25) is 0 Å². The number of carbonyl (C=O) groups is 2. The molecule has 6 heteroatoms. The summed E-state index contributed by atoms with van der Waals surface area (Å²) in [6, 6.07) is 4.92. The molecule has 5 nitrogen and oxygen atoms in total. The average Bonchev–Trinajstić information content (AvgIpc) is 2.36. The first-order chi connectivity index (χ1) is 8.93. The maximum atomic E-state index is 11.9. The Morgan fingerprint density at radius 3 is 2.68 bits per heavy atom. The van der Waals surface area contributed by atoms with Crippen LogP contribution in [0.3, 0.4) is 0 Å². The lowest BCUT2D eigenvalue weighted by molar-refractivity contribution is -0.138. The summed E-state index contributed by atoms with van der Waals surface area (Å²) in [4.78, 5) is 22.5. The zero-order valence-corrected chi connectivity index (χ0v) is 12.2. The number of nitrogens with one attached hydrogen (secondary N) is 1. The van der Waals surface area contributed by atoms with Gasteiger partial charge in [0.25, 0.3) is 5.91 Å². The number of amides is 1. The van der Waals surface area contributed by atoms with Crippen LogP contribution in [0.1, 0.15) is 30.1 Å². The van der Waals surface area contributed by atoms with Gasteiger partial charge in [0.1, 0.15) is 0 Å². The molecule has 0 aromatic heterocycles. The zero-order valence-electron chi connectivity index (χ0n) is 10.6. The highest BCUT2D eigenvalue weighted by atomic mass is 79.9. The first kappa shape index (κ1) is 15.5. The number of carboxylic acid groups (broad SMARTS) is 1. The Hall–Kier alpha value is -1.56. The molecule has 0 radical (unpaired) electrons. The molecule has 1 aromatic rings. The quantitative estimate of drug-likeness (QED) is 0.698. The fraction of sp³-hybridized carbons (Fsp3) is 0.385. The van der Waals surface area contributed by atoms with Gasteiger partial charge in [-0.3, -0.25) is 9.59 Å². The molecule has 0 spiro atoms. The van der Waals surface area contributed by atoms with E-state index in [1.807, 2.05) is 6.92 Å². The first-order valence-corrected chi connectivity index (χ1v) is 6.78. The molecule has 0 aliphatic carbocycles. The number of anilines is 1. The molecular weight excluding hydrogens is 312 g/mol. The minimum absolute atomic E-state index is 0.0568. The van der Waals surface area contributed by atoms with Crippen molar-refractivity contribution in [3.05, 3.63) is 28.2 Å². The number of nitrogens with two attached hydrogens (primary N) is 1. The molecule has 19 heavy (non-hydrogen) atoms. The third kappa shape index (κ3) is 4.90.